The van der Waals surface area contributed by atoms with E-state index in [2.05, 4.69) is 32.2 Å². The first-order valence-electron chi connectivity index (χ1n) is 10.5. The molecule has 2 N–H and O–H groups in total. The third-order valence-corrected chi connectivity index (χ3v) is 8.85. The lowest BCUT2D eigenvalue weighted by Crippen LogP contribution is -2.36. The first-order valence-corrected chi connectivity index (χ1v) is 11.3. The second-order valence-electron chi connectivity index (χ2n) is 9.43. The Morgan fingerprint density at radius 2 is 2.00 bits per heavy atom. The normalized spacial score (nSPS) is 30.1. The number of nitrogens with one attached hydrogen (secondary N) is 1. The van der Waals surface area contributed by atoms with Crippen LogP contribution in [0.4, 0.5) is 5.00 Å². The lowest BCUT2D eigenvalue weighted by Gasteiger charge is -2.36. The Morgan fingerprint density at radius 1 is 1.31 bits per heavy atom. The number of fused-ring (bicyclic) bond motifs is 3. The average molecular weight is 413 g/mol. The van der Waals surface area contributed by atoms with Crippen LogP contribution in [0.5, 0.6) is 0 Å². The number of aliphatic carboxylic acids is 1. The fourth-order valence-electron chi connectivity index (χ4n) is 5.46. The molecule has 5 atom stereocenters. The standard InChI is InChI=1S/C23H28N2O3S/c1-4-23(2,3)14-7-8-15-16(11-24)21(29-17(15)10-14)25-20(26)18-12-5-6-13(9-12)19(18)22(27)28/h5-6,12-14,18-19H,4,7-10H2,1-3H3,(H,25,26)(H,27,28). The summed E-state index contributed by atoms with van der Waals surface area (Å²) in [5.74, 6) is -1.89. The van der Waals surface area contributed by atoms with Crippen molar-refractivity contribution in [2.45, 2.75) is 52.9 Å². The van der Waals surface area contributed by atoms with Gasteiger partial charge in [0.1, 0.15) is 11.1 Å². The number of nitriles is 1. The molecule has 3 aliphatic rings. The highest BCUT2D eigenvalue weighted by Gasteiger charge is 2.51. The Hall–Kier alpha value is -2.13. The summed E-state index contributed by atoms with van der Waals surface area (Å²) in [7, 11) is 0. The Balaban J connectivity index is 1.58. The SMILES string of the molecule is CCC(C)(C)C1CCc2c(sc(NC(=O)C3C4C=CC(C4)C3C(=O)O)c2C#N)C1. The van der Waals surface area contributed by atoms with E-state index in [1.165, 1.54) is 16.2 Å². The van der Waals surface area contributed by atoms with Gasteiger partial charge in [0.15, 0.2) is 0 Å². The molecular weight excluding hydrogens is 384 g/mol. The van der Waals surface area contributed by atoms with E-state index in [0.717, 1.165) is 37.7 Å². The minimum Gasteiger partial charge on any atom is -0.481 e. The largest absolute Gasteiger partial charge is 0.481 e. The van der Waals surface area contributed by atoms with Gasteiger partial charge in [-0.05, 0) is 54.4 Å². The minimum atomic E-state index is -0.905. The molecule has 0 aliphatic heterocycles. The molecule has 2 bridgehead atoms. The molecule has 1 fully saturated rings. The zero-order valence-electron chi connectivity index (χ0n) is 17.2. The van der Waals surface area contributed by atoms with E-state index >= 15 is 0 Å². The molecule has 1 heterocycles. The molecule has 3 aliphatic carbocycles. The van der Waals surface area contributed by atoms with Crippen LogP contribution in [-0.2, 0) is 22.4 Å². The van der Waals surface area contributed by atoms with E-state index in [0.29, 0.717) is 16.5 Å². The highest BCUT2D eigenvalue weighted by atomic mass is 32.1. The molecule has 0 spiro atoms. The highest BCUT2D eigenvalue weighted by molar-refractivity contribution is 7.16. The molecule has 0 aromatic carbocycles. The molecule has 1 aromatic heterocycles. The summed E-state index contributed by atoms with van der Waals surface area (Å²) in [5, 5.41) is 22.9. The van der Waals surface area contributed by atoms with Gasteiger partial charge in [-0.2, -0.15) is 5.26 Å². The van der Waals surface area contributed by atoms with E-state index in [1.54, 1.807) is 0 Å². The van der Waals surface area contributed by atoms with Crippen molar-refractivity contribution in [2.24, 2.45) is 35.0 Å². The predicted molar refractivity (Wildman–Crippen MR) is 113 cm³/mol. The van der Waals surface area contributed by atoms with E-state index in [1.807, 2.05) is 12.2 Å². The van der Waals surface area contributed by atoms with Crippen LogP contribution in [0.15, 0.2) is 12.2 Å². The summed E-state index contributed by atoms with van der Waals surface area (Å²) in [6.45, 7) is 6.83. The Kier molecular flexibility index (Phi) is 5.06. The van der Waals surface area contributed by atoms with Crippen molar-refractivity contribution in [3.05, 3.63) is 28.2 Å². The number of rotatable bonds is 5. The second kappa shape index (κ2) is 7.28. The van der Waals surface area contributed by atoms with Crippen LogP contribution in [0.3, 0.4) is 0 Å². The summed E-state index contributed by atoms with van der Waals surface area (Å²) in [5.41, 5.74) is 1.91. The van der Waals surface area contributed by atoms with Gasteiger partial charge in [-0.15, -0.1) is 11.3 Å². The molecular formula is C23H28N2O3S. The van der Waals surface area contributed by atoms with Gasteiger partial charge in [-0.1, -0.05) is 39.3 Å². The number of hydrogen-bond donors (Lipinski definition) is 2. The summed E-state index contributed by atoms with van der Waals surface area (Å²) >= 11 is 1.51. The number of carbonyl (C=O) groups is 2. The number of carboxylic acids is 1. The van der Waals surface area contributed by atoms with Crippen LogP contribution >= 0.6 is 11.3 Å². The molecule has 1 saturated carbocycles. The summed E-state index contributed by atoms with van der Waals surface area (Å²) in [6, 6.07) is 2.30. The van der Waals surface area contributed by atoms with Crippen molar-refractivity contribution in [3.63, 3.8) is 0 Å². The summed E-state index contributed by atoms with van der Waals surface area (Å²) in [6.07, 6.45) is 8.64. The highest BCUT2D eigenvalue weighted by Crippen LogP contribution is 2.49. The number of carboxylic acid groups (broad SMARTS) is 1. The Morgan fingerprint density at radius 3 is 2.62 bits per heavy atom. The zero-order chi connectivity index (χ0) is 20.9. The van der Waals surface area contributed by atoms with Gasteiger partial charge in [-0.25, -0.2) is 0 Å². The second-order valence-corrected chi connectivity index (χ2v) is 10.5. The van der Waals surface area contributed by atoms with Gasteiger partial charge in [0, 0.05) is 4.88 Å². The van der Waals surface area contributed by atoms with Crippen LogP contribution in [0.1, 0.15) is 56.0 Å². The number of anilines is 1. The van der Waals surface area contributed by atoms with Gasteiger partial charge in [0.25, 0.3) is 0 Å². The maximum absolute atomic E-state index is 13.1. The zero-order valence-corrected chi connectivity index (χ0v) is 18.0. The first kappa shape index (κ1) is 20.2. The van der Waals surface area contributed by atoms with Gasteiger partial charge < -0.3 is 10.4 Å². The topological polar surface area (TPSA) is 90.2 Å². The van der Waals surface area contributed by atoms with Crippen molar-refractivity contribution < 1.29 is 14.7 Å². The Bertz CT molecular complexity index is 923. The molecule has 154 valence electrons. The molecule has 5 nitrogen and oxygen atoms in total. The molecule has 1 aromatic rings. The van der Waals surface area contributed by atoms with Crippen LogP contribution in [0, 0.1) is 46.3 Å². The molecule has 5 unspecified atom stereocenters. The van der Waals surface area contributed by atoms with Crippen LogP contribution in [0.25, 0.3) is 0 Å². The lowest BCUT2D eigenvalue weighted by molar-refractivity contribution is -0.146. The Labute approximate surface area is 175 Å². The maximum atomic E-state index is 13.1. The maximum Gasteiger partial charge on any atom is 0.307 e. The average Bonchev–Trinajstić information content (AvgIpc) is 3.39. The van der Waals surface area contributed by atoms with E-state index in [9.17, 15) is 20.0 Å². The van der Waals surface area contributed by atoms with Crippen LogP contribution < -0.4 is 5.32 Å². The molecule has 1 amide bonds. The third-order valence-electron chi connectivity index (χ3n) is 7.68. The number of carbonyl (C=O) groups excluding carboxylic acids is 1. The predicted octanol–water partition coefficient (Wildman–Crippen LogP) is 4.62. The molecule has 0 radical (unpaired) electrons. The number of nitrogens with zero attached hydrogens (tertiary/aromatic N) is 1. The summed E-state index contributed by atoms with van der Waals surface area (Å²) < 4.78 is 0. The number of allylic oxidation sites excluding steroid dienone is 2. The van der Waals surface area contributed by atoms with Crippen molar-refractivity contribution in [1.82, 2.24) is 0 Å². The monoisotopic (exact) mass is 412 g/mol. The van der Waals surface area contributed by atoms with Gasteiger partial charge in [0.2, 0.25) is 5.91 Å². The van der Waals surface area contributed by atoms with E-state index < -0.39 is 17.8 Å². The summed E-state index contributed by atoms with van der Waals surface area (Å²) in [4.78, 5) is 26.0. The van der Waals surface area contributed by atoms with E-state index in [-0.39, 0.29) is 23.2 Å². The van der Waals surface area contributed by atoms with E-state index in [4.69, 9.17) is 0 Å². The van der Waals surface area contributed by atoms with Crippen molar-refractivity contribution in [2.75, 3.05) is 5.32 Å². The molecule has 4 rings (SSSR count). The van der Waals surface area contributed by atoms with Gasteiger partial charge in [-0.3, -0.25) is 9.59 Å². The first-order chi connectivity index (χ1) is 13.8. The van der Waals surface area contributed by atoms with Crippen LogP contribution in [0.2, 0.25) is 0 Å². The van der Waals surface area contributed by atoms with Gasteiger partial charge in [0.05, 0.1) is 17.4 Å². The molecule has 6 heteroatoms. The fourth-order valence-corrected chi connectivity index (χ4v) is 6.74. The van der Waals surface area contributed by atoms with Crippen molar-refractivity contribution in [1.29, 1.82) is 5.26 Å². The van der Waals surface area contributed by atoms with Gasteiger partial charge >= 0.3 is 5.97 Å². The molecule has 0 saturated heterocycles. The van der Waals surface area contributed by atoms with Crippen molar-refractivity contribution in [3.8, 4) is 6.07 Å². The number of thiophene rings is 1. The smallest absolute Gasteiger partial charge is 0.307 e. The number of hydrogen-bond acceptors (Lipinski definition) is 4. The fraction of sp³-hybridized carbons (Fsp3) is 0.609. The van der Waals surface area contributed by atoms with Crippen LogP contribution in [-0.4, -0.2) is 17.0 Å². The third kappa shape index (κ3) is 3.30. The van der Waals surface area contributed by atoms with Crippen molar-refractivity contribution >= 4 is 28.2 Å². The lowest BCUT2D eigenvalue weighted by atomic mass is 9.69. The molecule has 29 heavy (non-hydrogen) atoms. The number of amides is 1. The quantitative estimate of drug-likeness (QED) is 0.690. The minimum absolute atomic E-state index is 0.0176.